The summed E-state index contributed by atoms with van der Waals surface area (Å²) in [5, 5.41) is 2.84. The maximum Gasteiger partial charge on any atom is 0.264 e. The molecule has 0 saturated carbocycles. The van der Waals surface area contributed by atoms with E-state index < -0.39 is 28.5 Å². The van der Waals surface area contributed by atoms with Crippen molar-refractivity contribution in [2.75, 3.05) is 17.4 Å². The van der Waals surface area contributed by atoms with Crippen LogP contribution in [0.3, 0.4) is 0 Å². The summed E-state index contributed by atoms with van der Waals surface area (Å²) in [6.07, 6.45) is 0.748. The van der Waals surface area contributed by atoms with E-state index in [1.807, 2.05) is 67.6 Å². The summed E-state index contributed by atoms with van der Waals surface area (Å²) in [6.45, 7) is 3.71. The van der Waals surface area contributed by atoms with Crippen LogP contribution in [0, 0.1) is 0 Å². The number of nitrogens with zero attached hydrogens (tertiary/aromatic N) is 2. The highest BCUT2D eigenvalue weighted by atomic mass is 32.2. The van der Waals surface area contributed by atoms with Gasteiger partial charge in [0.25, 0.3) is 10.0 Å². The largest absolute Gasteiger partial charge is 0.457 e. The molecular weight excluding hydrogens is 550 g/mol. The Kier molecular flexibility index (Phi) is 10.3. The van der Waals surface area contributed by atoms with Gasteiger partial charge < -0.3 is 15.0 Å². The average Bonchev–Trinajstić information content (AvgIpc) is 3.02. The van der Waals surface area contributed by atoms with E-state index in [4.69, 9.17) is 4.74 Å². The number of hydrogen-bond acceptors (Lipinski definition) is 5. The number of rotatable bonds is 13. The van der Waals surface area contributed by atoms with E-state index in [1.54, 1.807) is 49.4 Å². The maximum atomic E-state index is 14.0. The van der Waals surface area contributed by atoms with Gasteiger partial charge in [0.15, 0.2) is 0 Å². The first-order valence-corrected chi connectivity index (χ1v) is 15.3. The van der Waals surface area contributed by atoms with Gasteiger partial charge in [-0.3, -0.25) is 13.9 Å². The molecule has 9 heteroatoms. The molecule has 4 aromatic carbocycles. The molecular formula is C33H35N3O5S. The molecule has 1 N–H and O–H groups in total. The van der Waals surface area contributed by atoms with E-state index in [0.29, 0.717) is 18.0 Å². The van der Waals surface area contributed by atoms with E-state index >= 15 is 0 Å². The van der Waals surface area contributed by atoms with Gasteiger partial charge in [-0.05, 0) is 67.4 Å². The lowest BCUT2D eigenvalue weighted by molar-refractivity contribution is -0.139. The van der Waals surface area contributed by atoms with Crippen LogP contribution in [0.4, 0.5) is 5.69 Å². The number of carbonyl (C=O) groups excluding carboxylic acids is 2. The van der Waals surface area contributed by atoms with Gasteiger partial charge in [-0.2, -0.15) is 0 Å². The first-order chi connectivity index (χ1) is 20.3. The molecule has 0 heterocycles. The van der Waals surface area contributed by atoms with Crippen molar-refractivity contribution in [1.29, 1.82) is 0 Å². The number of para-hydroxylation sites is 1. The second kappa shape index (κ2) is 14.3. The molecule has 0 aliphatic carbocycles. The van der Waals surface area contributed by atoms with Crippen LogP contribution in [0.15, 0.2) is 120 Å². The predicted molar refractivity (Wildman–Crippen MR) is 164 cm³/mol. The Morgan fingerprint density at radius 3 is 1.93 bits per heavy atom. The zero-order chi connectivity index (χ0) is 30.0. The van der Waals surface area contributed by atoms with Crippen molar-refractivity contribution in [1.82, 2.24) is 10.2 Å². The lowest BCUT2D eigenvalue weighted by Gasteiger charge is -2.32. The third-order valence-corrected chi connectivity index (χ3v) is 8.41. The molecule has 0 fully saturated rings. The minimum atomic E-state index is -4.14. The van der Waals surface area contributed by atoms with Gasteiger partial charge >= 0.3 is 0 Å². The summed E-state index contributed by atoms with van der Waals surface area (Å²) < 4.78 is 34.8. The number of ether oxygens (including phenoxy) is 1. The Labute approximate surface area is 247 Å². The van der Waals surface area contributed by atoms with Gasteiger partial charge in [-0.25, -0.2) is 8.42 Å². The van der Waals surface area contributed by atoms with Crippen LogP contribution >= 0.6 is 0 Å². The lowest BCUT2D eigenvalue weighted by atomic mass is 10.1. The second-order valence-corrected chi connectivity index (χ2v) is 11.6. The molecule has 0 saturated heterocycles. The van der Waals surface area contributed by atoms with E-state index in [-0.39, 0.29) is 23.0 Å². The average molecular weight is 586 g/mol. The monoisotopic (exact) mass is 585 g/mol. The molecule has 0 aliphatic heterocycles. The summed E-state index contributed by atoms with van der Waals surface area (Å²) >= 11 is 0. The van der Waals surface area contributed by atoms with Crippen LogP contribution in [-0.2, 0) is 26.2 Å². The molecule has 2 amide bonds. The Bertz CT molecular complexity index is 1550. The van der Waals surface area contributed by atoms with E-state index in [0.717, 1.165) is 16.3 Å². The van der Waals surface area contributed by atoms with Gasteiger partial charge in [-0.15, -0.1) is 0 Å². The highest BCUT2D eigenvalue weighted by Gasteiger charge is 2.32. The quantitative estimate of drug-likeness (QED) is 0.220. The molecule has 218 valence electrons. The Morgan fingerprint density at radius 2 is 1.33 bits per heavy atom. The Morgan fingerprint density at radius 1 is 0.786 bits per heavy atom. The summed E-state index contributed by atoms with van der Waals surface area (Å²) in [4.78, 5) is 28.4. The highest BCUT2D eigenvalue weighted by molar-refractivity contribution is 7.92. The summed E-state index contributed by atoms with van der Waals surface area (Å²) in [5.74, 6) is 0.337. The van der Waals surface area contributed by atoms with Crippen LogP contribution < -0.4 is 14.4 Å². The van der Waals surface area contributed by atoms with Crippen molar-refractivity contribution in [3.05, 3.63) is 121 Å². The van der Waals surface area contributed by atoms with Gasteiger partial charge in [0.1, 0.15) is 24.1 Å². The molecule has 0 radical (unpaired) electrons. The van der Waals surface area contributed by atoms with E-state index in [1.165, 1.54) is 17.0 Å². The van der Waals surface area contributed by atoms with Gasteiger partial charge in [0, 0.05) is 13.1 Å². The molecule has 4 rings (SSSR count). The SMILES string of the molecule is CCCNC(=O)[C@H](C)N(Cc1ccccc1)C(=O)CN(c1ccc(Oc2ccccc2)cc1)S(=O)(=O)c1ccccc1. The Hall–Kier alpha value is -4.63. The standard InChI is InChI=1S/C33H35N3O5S/c1-3-23-34-33(38)26(2)35(24-27-13-7-4-8-14-27)32(37)25-36(42(39,40)31-17-11-6-12-18-31)28-19-21-30(22-20-28)41-29-15-9-5-10-16-29/h4-22,26H,3,23-25H2,1-2H3,(H,34,38)/t26-/m0/s1. The molecule has 8 nitrogen and oxygen atoms in total. The zero-order valence-corrected chi connectivity index (χ0v) is 24.5. The molecule has 0 bridgehead atoms. The van der Waals surface area contributed by atoms with Crippen molar-refractivity contribution in [2.45, 2.75) is 37.8 Å². The maximum absolute atomic E-state index is 14.0. The van der Waals surface area contributed by atoms with Crippen molar-refractivity contribution >= 4 is 27.5 Å². The van der Waals surface area contributed by atoms with E-state index in [2.05, 4.69) is 5.32 Å². The number of sulfonamides is 1. The van der Waals surface area contributed by atoms with Crippen LogP contribution in [0.25, 0.3) is 0 Å². The predicted octanol–water partition coefficient (Wildman–Crippen LogP) is 5.62. The van der Waals surface area contributed by atoms with Crippen LogP contribution in [0.2, 0.25) is 0 Å². The third-order valence-electron chi connectivity index (χ3n) is 6.63. The normalized spacial score (nSPS) is 11.8. The number of carbonyl (C=O) groups is 2. The number of nitrogens with one attached hydrogen (secondary N) is 1. The number of benzene rings is 4. The summed E-state index contributed by atoms with van der Waals surface area (Å²) in [5.41, 5.74) is 1.11. The molecule has 0 unspecified atom stereocenters. The smallest absolute Gasteiger partial charge is 0.264 e. The fraction of sp³-hybridized carbons (Fsp3) is 0.212. The fourth-order valence-corrected chi connectivity index (χ4v) is 5.75. The van der Waals surface area contributed by atoms with E-state index in [9.17, 15) is 18.0 Å². The van der Waals surface area contributed by atoms with Gasteiger partial charge in [0.05, 0.1) is 10.6 Å². The van der Waals surface area contributed by atoms with Crippen molar-refractivity contribution in [3.63, 3.8) is 0 Å². The zero-order valence-electron chi connectivity index (χ0n) is 23.7. The third kappa shape index (κ3) is 7.76. The van der Waals surface area contributed by atoms with Crippen LogP contribution in [0.1, 0.15) is 25.8 Å². The minimum Gasteiger partial charge on any atom is -0.457 e. The molecule has 1 atom stereocenters. The van der Waals surface area contributed by atoms with Gasteiger partial charge in [-0.1, -0.05) is 73.7 Å². The lowest BCUT2D eigenvalue weighted by Crippen LogP contribution is -2.51. The highest BCUT2D eigenvalue weighted by Crippen LogP contribution is 2.28. The van der Waals surface area contributed by atoms with Crippen molar-refractivity contribution in [2.24, 2.45) is 0 Å². The molecule has 0 spiro atoms. The first-order valence-electron chi connectivity index (χ1n) is 13.8. The summed E-state index contributed by atoms with van der Waals surface area (Å²) in [6, 6.07) is 32.2. The molecule has 42 heavy (non-hydrogen) atoms. The second-order valence-electron chi connectivity index (χ2n) is 9.71. The molecule has 4 aromatic rings. The first kappa shape index (κ1) is 30.3. The van der Waals surface area contributed by atoms with Gasteiger partial charge in [0.2, 0.25) is 11.8 Å². The topological polar surface area (TPSA) is 96.0 Å². The summed E-state index contributed by atoms with van der Waals surface area (Å²) in [7, 11) is -4.14. The molecule has 0 aromatic heterocycles. The number of hydrogen-bond donors (Lipinski definition) is 1. The number of amides is 2. The fourth-order valence-electron chi connectivity index (χ4n) is 4.31. The van der Waals surface area contributed by atoms with Crippen molar-refractivity contribution < 1.29 is 22.7 Å². The van der Waals surface area contributed by atoms with Crippen LogP contribution in [-0.4, -0.2) is 44.3 Å². The van der Waals surface area contributed by atoms with Crippen molar-refractivity contribution in [3.8, 4) is 11.5 Å². The Balaban J connectivity index is 1.67. The number of anilines is 1. The molecule has 0 aliphatic rings. The minimum absolute atomic E-state index is 0.0470. The van der Waals surface area contributed by atoms with Crippen LogP contribution in [0.5, 0.6) is 11.5 Å².